The molecule has 0 unspecified atom stereocenters. The third-order valence-corrected chi connectivity index (χ3v) is 5.75. The average Bonchev–Trinajstić information content (AvgIpc) is 2.71. The Kier molecular flexibility index (Phi) is 4.88. The molecule has 8 nitrogen and oxygen atoms in total. The van der Waals surface area contributed by atoms with Crippen molar-refractivity contribution >= 4 is 49.6 Å². The SMILES string of the molecule is CC(=O)NS(=O)(=O)c1ccc(NC(=O)c2ccc3nc4ccccc4nc3c2)cc1. The quantitative estimate of drug-likeness (QED) is 0.490. The number of hydrogen-bond donors (Lipinski definition) is 2. The van der Waals surface area contributed by atoms with Crippen LogP contribution in [0, 0.1) is 0 Å². The van der Waals surface area contributed by atoms with E-state index in [1.165, 1.54) is 24.3 Å². The molecule has 0 fully saturated rings. The molecule has 4 rings (SSSR count). The smallest absolute Gasteiger partial charge is 0.264 e. The van der Waals surface area contributed by atoms with Gasteiger partial charge in [-0.05, 0) is 54.6 Å². The van der Waals surface area contributed by atoms with Crippen LogP contribution in [0.5, 0.6) is 0 Å². The van der Waals surface area contributed by atoms with Gasteiger partial charge in [0.25, 0.3) is 15.9 Å². The van der Waals surface area contributed by atoms with Crippen molar-refractivity contribution in [1.82, 2.24) is 14.7 Å². The molecule has 2 amide bonds. The lowest BCUT2D eigenvalue weighted by Gasteiger charge is -2.08. The number of carbonyl (C=O) groups excluding carboxylic acids is 2. The highest BCUT2D eigenvalue weighted by Crippen LogP contribution is 2.19. The van der Waals surface area contributed by atoms with Crippen molar-refractivity contribution in [2.24, 2.45) is 0 Å². The number of carbonyl (C=O) groups is 2. The summed E-state index contributed by atoms with van der Waals surface area (Å²) in [7, 11) is -3.93. The van der Waals surface area contributed by atoms with E-state index in [2.05, 4.69) is 15.3 Å². The van der Waals surface area contributed by atoms with Crippen molar-refractivity contribution in [1.29, 1.82) is 0 Å². The first-order valence-corrected chi connectivity index (χ1v) is 10.4. The van der Waals surface area contributed by atoms with Crippen LogP contribution in [-0.4, -0.2) is 30.2 Å². The summed E-state index contributed by atoms with van der Waals surface area (Å²) in [6.45, 7) is 1.11. The maximum atomic E-state index is 12.6. The monoisotopic (exact) mass is 420 g/mol. The molecule has 0 atom stereocenters. The summed E-state index contributed by atoms with van der Waals surface area (Å²) in [6.07, 6.45) is 0. The van der Waals surface area contributed by atoms with Gasteiger partial charge in [0, 0.05) is 18.2 Å². The van der Waals surface area contributed by atoms with Gasteiger partial charge in [-0.15, -0.1) is 0 Å². The van der Waals surface area contributed by atoms with Gasteiger partial charge in [0.15, 0.2) is 0 Å². The molecule has 0 aliphatic rings. The Balaban J connectivity index is 1.56. The molecule has 0 saturated heterocycles. The highest BCUT2D eigenvalue weighted by Gasteiger charge is 2.15. The molecule has 0 saturated carbocycles. The lowest BCUT2D eigenvalue weighted by molar-refractivity contribution is -0.117. The van der Waals surface area contributed by atoms with E-state index in [1.54, 1.807) is 18.2 Å². The third-order valence-electron chi connectivity index (χ3n) is 4.30. The molecule has 2 N–H and O–H groups in total. The van der Waals surface area contributed by atoms with Gasteiger partial charge in [-0.1, -0.05) is 12.1 Å². The van der Waals surface area contributed by atoms with Crippen molar-refractivity contribution in [3.8, 4) is 0 Å². The molecule has 9 heteroatoms. The second-order valence-electron chi connectivity index (χ2n) is 6.56. The Hall–Kier alpha value is -3.85. The fraction of sp³-hybridized carbons (Fsp3) is 0.0476. The second kappa shape index (κ2) is 7.53. The van der Waals surface area contributed by atoms with E-state index < -0.39 is 15.9 Å². The molecular weight excluding hydrogens is 404 g/mol. The Labute approximate surface area is 172 Å². The van der Waals surface area contributed by atoms with Crippen molar-refractivity contribution in [2.75, 3.05) is 5.32 Å². The summed E-state index contributed by atoms with van der Waals surface area (Å²) in [5.74, 6) is -1.05. The number of sulfonamides is 1. The lowest BCUT2D eigenvalue weighted by Crippen LogP contribution is -2.28. The van der Waals surface area contributed by atoms with Crippen LogP contribution in [-0.2, 0) is 14.8 Å². The topological polar surface area (TPSA) is 118 Å². The zero-order chi connectivity index (χ0) is 21.3. The molecule has 1 aromatic heterocycles. The molecule has 1 heterocycles. The summed E-state index contributed by atoms with van der Waals surface area (Å²) in [5.41, 5.74) is 3.58. The van der Waals surface area contributed by atoms with E-state index in [9.17, 15) is 18.0 Å². The van der Waals surface area contributed by atoms with E-state index in [0.717, 1.165) is 18.0 Å². The van der Waals surface area contributed by atoms with Gasteiger partial charge in [-0.2, -0.15) is 0 Å². The predicted octanol–water partition coefficient (Wildman–Crippen LogP) is 2.86. The van der Waals surface area contributed by atoms with E-state index in [1.807, 2.05) is 29.0 Å². The van der Waals surface area contributed by atoms with Crippen LogP contribution in [0.3, 0.4) is 0 Å². The van der Waals surface area contributed by atoms with Crippen LogP contribution in [0.25, 0.3) is 22.1 Å². The molecule has 0 aliphatic carbocycles. The van der Waals surface area contributed by atoms with Crippen molar-refractivity contribution in [2.45, 2.75) is 11.8 Å². The van der Waals surface area contributed by atoms with Gasteiger partial charge in [0.05, 0.1) is 27.0 Å². The zero-order valence-electron chi connectivity index (χ0n) is 15.8. The van der Waals surface area contributed by atoms with Crippen LogP contribution in [0.1, 0.15) is 17.3 Å². The fourth-order valence-corrected chi connectivity index (χ4v) is 3.92. The molecular formula is C21H16N4O4S. The van der Waals surface area contributed by atoms with Crippen molar-refractivity contribution in [3.63, 3.8) is 0 Å². The predicted molar refractivity (Wildman–Crippen MR) is 112 cm³/mol. The van der Waals surface area contributed by atoms with Gasteiger partial charge in [0.2, 0.25) is 5.91 Å². The van der Waals surface area contributed by atoms with E-state index in [0.29, 0.717) is 22.3 Å². The highest BCUT2D eigenvalue weighted by atomic mass is 32.2. The standard InChI is InChI=1S/C21H16N4O4S/c1-13(26)25-30(28,29)16-9-7-15(8-10-16)22-21(27)14-6-11-19-20(12-14)24-18-5-3-2-4-17(18)23-19/h2-12H,1H3,(H,22,27)(H,25,26). The van der Waals surface area contributed by atoms with E-state index in [4.69, 9.17) is 0 Å². The van der Waals surface area contributed by atoms with Crippen LogP contribution in [0.2, 0.25) is 0 Å². The number of aromatic nitrogens is 2. The van der Waals surface area contributed by atoms with Crippen molar-refractivity contribution < 1.29 is 18.0 Å². The minimum absolute atomic E-state index is 0.0800. The first-order chi connectivity index (χ1) is 14.3. The molecule has 0 bridgehead atoms. The second-order valence-corrected chi connectivity index (χ2v) is 8.24. The van der Waals surface area contributed by atoms with Gasteiger partial charge >= 0.3 is 0 Å². The first-order valence-electron chi connectivity index (χ1n) is 8.93. The van der Waals surface area contributed by atoms with Gasteiger partial charge in [-0.3, -0.25) is 9.59 Å². The Bertz CT molecular complexity index is 1400. The average molecular weight is 420 g/mol. The molecule has 0 spiro atoms. The van der Waals surface area contributed by atoms with Gasteiger partial charge in [0.1, 0.15) is 0 Å². The summed E-state index contributed by atoms with van der Waals surface area (Å²) < 4.78 is 25.9. The summed E-state index contributed by atoms with van der Waals surface area (Å²) in [4.78, 5) is 32.6. The normalized spacial score (nSPS) is 11.4. The van der Waals surface area contributed by atoms with Gasteiger partial charge < -0.3 is 5.32 Å². The third kappa shape index (κ3) is 3.96. The number of fused-ring (bicyclic) bond motifs is 2. The summed E-state index contributed by atoms with van der Waals surface area (Å²) in [5, 5.41) is 2.71. The number of para-hydroxylation sites is 2. The van der Waals surface area contributed by atoms with E-state index >= 15 is 0 Å². The fourth-order valence-electron chi connectivity index (χ4n) is 2.93. The molecule has 30 heavy (non-hydrogen) atoms. The maximum Gasteiger partial charge on any atom is 0.264 e. The number of nitrogens with one attached hydrogen (secondary N) is 2. The van der Waals surface area contributed by atoms with Crippen LogP contribution in [0.15, 0.2) is 71.6 Å². The minimum Gasteiger partial charge on any atom is -0.322 e. The van der Waals surface area contributed by atoms with Gasteiger partial charge in [-0.25, -0.2) is 23.1 Å². The number of rotatable bonds is 4. The molecule has 150 valence electrons. The number of hydrogen-bond acceptors (Lipinski definition) is 6. The van der Waals surface area contributed by atoms with Crippen LogP contribution >= 0.6 is 0 Å². The first kappa shape index (κ1) is 19.5. The lowest BCUT2D eigenvalue weighted by atomic mass is 10.1. The Morgan fingerprint density at radius 3 is 2.03 bits per heavy atom. The van der Waals surface area contributed by atoms with Crippen LogP contribution in [0.4, 0.5) is 5.69 Å². The van der Waals surface area contributed by atoms with Crippen molar-refractivity contribution in [3.05, 3.63) is 72.3 Å². The minimum atomic E-state index is -3.93. The Morgan fingerprint density at radius 1 is 0.800 bits per heavy atom. The zero-order valence-corrected chi connectivity index (χ0v) is 16.6. The largest absolute Gasteiger partial charge is 0.322 e. The number of anilines is 1. The summed E-state index contributed by atoms with van der Waals surface area (Å²) in [6, 6.07) is 18.0. The number of nitrogens with zero attached hydrogens (tertiary/aromatic N) is 2. The molecule has 0 radical (unpaired) electrons. The Morgan fingerprint density at radius 2 is 1.40 bits per heavy atom. The van der Waals surface area contributed by atoms with Crippen LogP contribution < -0.4 is 10.0 Å². The molecule has 4 aromatic rings. The number of amides is 2. The molecule has 3 aromatic carbocycles. The maximum absolute atomic E-state index is 12.6. The van der Waals surface area contributed by atoms with E-state index in [-0.39, 0.29) is 10.8 Å². The number of benzene rings is 3. The highest BCUT2D eigenvalue weighted by molar-refractivity contribution is 7.90. The molecule has 0 aliphatic heterocycles. The summed E-state index contributed by atoms with van der Waals surface area (Å²) >= 11 is 0.